The fraction of sp³-hybridized carbons (Fsp3) is 1.00. The van der Waals surface area contributed by atoms with Gasteiger partial charge in [0.1, 0.15) is 0 Å². The van der Waals surface area contributed by atoms with Crippen LogP contribution >= 0.6 is 0 Å². The summed E-state index contributed by atoms with van der Waals surface area (Å²) in [5.74, 6) is 0. The van der Waals surface area contributed by atoms with Gasteiger partial charge in [0, 0.05) is 200 Å². The first-order valence-electron chi connectivity index (χ1n) is 35.4. The monoisotopic (exact) mass is 1520 g/mol. The molecule has 0 rings (SSSR count). The zero-order valence-electron chi connectivity index (χ0n) is 66.1. The Balaban J connectivity index is -0.000000157. The van der Waals surface area contributed by atoms with Crippen LogP contribution in [0.4, 0.5) is 0 Å². The van der Waals surface area contributed by atoms with Gasteiger partial charge in [-0.25, -0.2) is 0 Å². The highest BCUT2D eigenvalue weighted by molar-refractivity contribution is 6.67. The highest BCUT2D eigenvalue weighted by Gasteiger charge is 2.41. The van der Waals surface area contributed by atoms with Crippen molar-refractivity contribution in [2.45, 2.75) is 176 Å². The van der Waals surface area contributed by atoms with E-state index in [1.165, 1.54) is 0 Å². The van der Waals surface area contributed by atoms with Gasteiger partial charge in [0.15, 0.2) is 0 Å². The zero-order chi connectivity index (χ0) is 75.2. The maximum absolute atomic E-state index is 5.76. The number of nitrogens with one attached hydrogen (secondary N) is 4. The molecule has 0 heterocycles. The van der Waals surface area contributed by atoms with E-state index in [1.807, 2.05) is 75.8 Å². The molecular formula is C60H161N11O18Si7. The first-order chi connectivity index (χ1) is 46.0. The maximum Gasteiger partial charge on any atom is 0.500 e. The molecule has 0 aliphatic heterocycles. The summed E-state index contributed by atoms with van der Waals surface area (Å²) in [7, 11) is 1.57. The summed E-state index contributed by atoms with van der Waals surface area (Å²) >= 11 is 0. The van der Waals surface area contributed by atoms with Crippen LogP contribution in [-0.4, -0.2) is 283 Å². The molecular weight excluding hydrogens is 1360 g/mol. The normalized spacial score (nSPS) is 11.8. The van der Waals surface area contributed by atoms with E-state index >= 15 is 0 Å². The summed E-state index contributed by atoms with van der Waals surface area (Å²) in [6.07, 6.45) is 6.92. The first kappa shape index (κ1) is 112. The fourth-order valence-electron chi connectivity index (χ4n) is 8.38. The Bertz CT molecular complexity index is 1400. The molecule has 0 saturated heterocycles. The quantitative estimate of drug-likeness (QED) is 0.0266. The lowest BCUT2D eigenvalue weighted by Gasteiger charge is -2.28. The van der Waals surface area contributed by atoms with Crippen molar-refractivity contribution in [3.63, 3.8) is 0 Å². The number of rotatable bonds is 59. The van der Waals surface area contributed by atoms with Gasteiger partial charge in [-0.3, -0.25) is 0 Å². The maximum atomic E-state index is 5.76. The lowest BCUT2D eigenvalue weighted by atomic mass is 10.5. The van der Waals surface area contributed by atoms with Gasteiger partial charge in [-0.05, 0) is 184 Å². The second-order valence-corrected chi connectivity index (χ2v) is 43.0. The Hall–Kier alpha value is 0.358. The molecule has 0 aliphatic rings. The second kappa shape index (κ2) is 82.6. The molecule has 0 aromatic rings. The van der Waals surface area contributed by atoms with Crippen LogP contribution in [0.15, 0.2) is 0 Å². The van der Waals surface area contributed by atoms with Crippen LogP contribution in [0, 0.1) is 0 Å². The van der Waals surface area contributed by atoms with E-state index in [4.69, 9.17) is 120 Å². The highest BCUT2D eigenvalue weighted by Crippen LogP contribution is 2.21. The molecule has 0 atom stereocenters. The minimum Gasteiger partial charge on any atom is -0.398 e. The molecule has 0 bridgehead atoms. The molecule has 0 aliphatic carbocycles. The topological polar surface area (TPSA) is 396 Å². The highest BCUT2D eigenvalue weighted by atomic mass is 28.4. The summed E-state index contributed by atoms with van der Waals surface area (Å²) in [4.78, 5) is 0. The summed E-state index contributed by atoms with van der Waals surface area (Å²) < 4.78 is 98.3. The van der Waals surface area contributed by atoms with E-state index in [2.05, 4.69) is 34.4 Å². The van der Waals surface area contributed by atoms with Crippen LogP contribution < -0.4 is 61.4 Å². The predicted octanol–water partition coefficient (Wildman–Crippen LogP) is 5.46. The molecule has 0 amide bonds. The van der Waals surface area contributed by atoms with Gasteiger partial charge in [0.2, 0.25) is 0 Å². The van der Waals surface area contributed by atoms with Crippen molar-refractivity contribution in [2.75, 3.05) is 222 Å². The van der Waals surface area contributed by atoms with Crippen molar-refractivity contribution in [2.24, 2.45) is 40.1 Å². The zero-order valence-corrected chi connectivity index (χ0v) is 73.1. The van der Waals surface area contributed by atoms with Crippen molar-refractivity contribution in [1.82, 2.24) is 21.3 Å². The number of hydrogen-bond acceptors (Lipinski definition) is 29. The predicted molar refractivity (Wildman–Crippen MR) is 413 cm³/mol. The SMILES string of the molecule is CC.CCO[Si](C)(CCCNCCN)OCC.CCO[Si](CCCN)(OCC)OCC.CCO[Si](CCCNCCN)(OCC)OCC.CO[Si](C)(CCCN)OC.CO[Si](C)(CCCNCCN)OC.CO[Si](CCCN)(OC)OC.CO[Si](CCCNCCN)(OC)OC. The van der Waals surface area contributed by atoms with E-state index < -0.39 is 60.9 Å². The Kier molecular flexibility index (Phi) is 96.6. The van der Waals surface area contributed by atoms with Gasteiger partial charge in [0.25, 0.3) is 0 Å². The third kappa shape index (κ3) is 68.8. The minimum atomic E-state index is -2.43. The molecule has 0 spiro atoms. The fourth-order valence-corrected chi connectivity index (χ4v) is 22.3. The standard InChI is InChI=1S/C11H28N2O3Si.C10H26N2O2Si.C9H23NO3Si.C8H22N2O3Si.C8H22N2O2Si.C6H17NO3Si.C6H17NO2Si.C2H6/c1-4-14-17(15-5-2,16-6-3)11-7-9-13-10-8-12;1-4-13-15(3,14-5-2)10-6-8-12-9-7-11;1-4-11-14(12-5-2,13-6-3)9-7-8-10;1-11-14(12-2,13-3)8-4-6-10-7-5-9;1-11-13(3,12-2)8-4-6-10-7-5-9;1-8-11(9-2,10-3)6-4-5-7;1-8-10(3,9-2)6-4-5-7;1-2/h13H,4-12H2,1-3H3;12H,4-11H2,1-3H3;4-10H2,1-3H3;10H,4-9H2,1-3H3;10H,4-9H2,1-3H3;4-7H2,1-3H3;4-7H2,1-3H3;1-2H3. The summed E-state index contributed by atoms with van der Waals surface area (Å²) in [6.45, 7) is 43.5. The first-order valence-corrected chi connectivity index (χ1v) is 50.7. The molecule has 592 valence electrons. The van der Waals surface area contributed by atoms with Gasteiger partial charge in [-0.2, -0.15) is 0 Å². The lowest BCUT2D eigenvalue weighted by molar-refractivity contribution is 0.0701. The Morgan fingerprint density at radius 2 is 0.406 bits per heavy atom. The van der Waals surface area contributed by atoms with Crippen molar-refractivity contribution < 1.29 is 79.7 Å². The van der Waals surface area contributed by atoms with E-state index in [0.717, 1.165) is 159 Å². The van der Waals surface area contributed by atoms with Crippen LogP contribution in [0.5, 0.6) is 0 Å². The van der Waals surface area contributed by atoms with Crippen LogP contribution in [0.3, 0.4) is 0 Å². The molecule has 0 radical (unpaired) electrons. The average molecular weight is 1520 g/mol. The molecule has 96 heavy (non-hydrogen) atoms. The van der Waals surface area contributed by atoms with E-state index in [9.17, 15) is 0 Å². The van der Waals surface area contributed by atoms with E-state index in [-0.39, 0.29) is 0 Å². The lowest BCUT2D eigenvalue weighted by Crippen LogP contribution is -2.46. The number of hydrogen-bond donors (Lipinski definition) is 11. The summed E-state index contributed by atoms with van der Waals surface area (Å²) in [5, 5.41) is 13.0. The summed E-state index contributed by atoms with van der Waals surface area (Å²) in [6, 6.07) is 6.35. The molecule has 0 saturated carbocycles. The second-order valence-electron chi connectivity index (χ2n) is 20.9. The van der Waals surface area contributed by atoms with E-state index in [0.29, 0.717) is 78.9 Å². The van der Waals surface area contributed by atoms with Gasteiger partial charge < -0.3 is 141 Å². The number of nitrogens with two attached hydrogens (primary N) is 7. The van der Waals surface area contributed by atoms with Crippen molar-refractivity contribution in [1.29, 1.82) is 0 Å². The van der Waals surface area contributed by atoms with Crippen LogP contribution in [-0.2, 0) is 79.7 Å². The van der Waals surface area contributed by atoms with E-state index in [1.54, 1.807) is 71.1 Å². The molecule has 36 heteroatoms. The van der Waals surface area contributed by atoms with Gasteiger partial charge >= 0.3 is 60.9 Å². The smallest absolute Gasteiger partial charge is 0.398 e. The van der Waals surface area contributed by atoms with Crippen molar-refractivity contribution in [3.05, 3.63) is 0 Å². The molecule has 0 unspecified atom stereocenters. The molecule has 0 fully saturated rings. The van der Waals surface area contributed by atoms with Crippen LogP contribution in [0.2, 0.25) is 61.9 Å². The Labute approximate surface area is 597 Å². The largest absolute Gasteiger partial charge is 0.500 e. The van der Waals surface area contributed by atoms with Crippen molar-refractivity contribution in [3.8, 4) is 0 Å². The Morgan fingerprint density at radius 1 is 0.219 bits per heavy atom. The molecule has 0 aromatic carbocycles. The van der Waals surface area contributed by atoms with Gasteiger partial charge in [-0.15, -0.1) is 0 Å². The van der Waals surface area contributed by atoms with Crippen LogP contribution in [0.1, 0.15) is 114 Å². The van der Waals surface area contributed by atoms with Gasteiger partial charge in [0.05, 0.1) is 0 Å². The molecule has 29 nitrogen and oxygen atoms in total. The Morgan fingerprint density at radius 3 is 0.615 bits per heavy atom. The molecule has 18 N–H and O–H groups in total. The minimum absolute atomic E-state index is 0.636. The third-order valence-corrected chi connectivity index (χ3v) is 34.8. The molecule has 0 aromatic heterocycles. The average Bonchev–Trinajstić information content (AvgIpc) is 2.21. The van der Waals surface area contributed by atoms with Crippen molar-refractivity contribution >= 4 is 60.9 Å². The van der Waals surface area contributed by atoms with Gasteiger partial charge in [-0.1, -0.05) is 13.8 Å². The third-order valence-electron chi connectivity index (χ3n) is 13.8. The van der Waals surface area contributed by atoms with Crippen LogP contribution in [0.25, 0.3) is 0 Å². The summed E-state index contributed by atoms with van der Waals surface area (Å²) in [5.41, 5.74) is 37.7.